The largest absolute Gasteiger partial charge is 0.495 e. The van der Waals surface area contributed by atoms with Crippen LogP contribution in [-0.4, -0.2) is 39.4 Å². The number of nitrogens with two attached hydrogens (primary N) is 1. The second-order valence-electron chi connectivity index (χ2n) is 8.20. The lowest BCUT2D eigenvalue weighted by atomic mass is 9.81. The van der Waals surface area contributed by atoms with Crippen molar-refractivity contribution in [3.05, 3.63) is 42.5 Å². The minimum Gasteiger partial charge on any atom is -0.495 e. The molecule has 1 aliphatic carbocycles. The van der Waals surface area contributed by atoms with Crippen molar-refractivity contribution in [3.63, 3.8) is 0 Å². The van der Waals surface area contributed by atoms with Gasteiger partial charge in [-0.1, -0.05) is 12.1 Å². The highest BCUT2D eigenvalue weighted by molar-refractivity contribution is 5.93. The summed E-state index contributed by atoms with van der Waals surface area (Å²) in [4.78, 5) is 23.5. The number of amides is 1. The molecule has 4 aromatic rings. The molecule has 31 heavy (non-hydrogen) atoms. The normalized spacial score (nSPS) is 19.0. The molecule has 8 nitrogen and oxygen atoms in total. The van der Waals surface area contributed by atoms with Crippen LogP contribution in [0.2, 0.25) is 0 Å². The Morgan fingerprint density at radius 1 is 1.32 bits per heavy atom. The lowest BCUT2D eigenvalue weighted by molar-refractivity contribution is -0.109. The van der Waals surface area contributed by atoms with E-state index in [9.17, 15) is 4.79 Å². The van der Waals surface area contributed by atoms with E-state index in [0.717, 1.165) is 78.0 Å². The molecule has 0 spiro atoms. The number of aromatic nitrogens is 4. The summed E-state index contributed by atoms with van der Waals surface area (Å²) in [5.41, 5.74) is 9.78. The Kier molecular flexibility index (Phi) is 4.97. The fourth-order valence-electron chi connectivity index (χ4n) is 4.83. The van der Waals surface area contributed by atoms with Crippen LogP contribution >= 0.6 is 0 Å². The van der Waals surface area contributed by atoms with Gasteiger partial charge in [0, 0.05) is 30.2 Å². The minimum atomic E-state index is 0.342. The SMILES string of the molecule is COc1cccc2cc(-c3nc([C@H]4CC[C@H](CNC=O)CC4)n4ccnc(N)c34)[nH]c12. The van der Waals surface area contributed by atoms with Gasteiger partial charge >= 0.3 is 0 Å². The summed E-state index contributed by atoms with van der Waals surface area (Å²) in [6, 6.07) is 8.04. The van der Waals surface area contributed by atoms with E-state index in [-0.39, 0.29) is 0 Å². The van der Waals surface area contributed by atoms with Crippen molar-refractivity contribution in [1.29, 1.82) is 0 Å². The third kappa shape index (κ3) is 3.37. The van der Waals surface area contributed by atoms with Gasteiger partial charge in [-0.05, 0) is 43.7 Å². The topological polar surface area (TPSA) is 110 Å². The maximum absolute atomic E-state index is 10.6. The van der Waals surface area contributed by atoms with Crippen molar-refractivity contribution in [2.24, 2.45) is 5.92 Å². The molecule has 8 heteroatoms. The molecule has 3 heterocycles. The molecule has 1 aliphatic rings. The van der Waals surface area contributed by atoms with E-state index in [1.165, 1.54) is 0 Å². The Hall–Kier alpha value is -3.55. The Bertz CT molecular complexity index is 1240. The molecule has 4 N–H and O–H groups in total. The molecule has 0 aliphatic heterocycles. The van der Waals surface area contributed by atoms with Crippen molar-refractivity contribution in [1.82, 2.24) is 24.7 Å². The predicted octanol–water partition coefficient (Wildman–Crippen LogP) is 3.49. The fourth-order valence-corrected chi connectivity index (χ4v) is 4.83. The number of fused-ring (bicyclic) bond motifs is 2. The zero-order valence-corrected chi connectivity index (χ0v) is 17.5. The minimum absolute atomic E-state index is 0.342. The number of H-pyrrole nitrogens is 1. The van der Waals surface area contributed by atoms with Gasteiger partial charge in [-0.15, -0.1) is 0 Å². The smallest absolute Gasteiger partial charge is 0.207 e. The van der Waals surface area contributed by atoms with Crippen molar-refractivity contribution >= 4 is 28.6 Å². The number of methoxy groups -OCH3 is 1. The van der Waals surface area contributed by atoms with E-state index in [4.69, 9.17) is 15.5 Å². The first-order valence-electron chi connectivity index (χ1n) is 10.6. The van der Waals surface area contributed by atoms with Gasteiger partial charge in [0.05, 0.1) is 18.3 Å². The van der Waals surface area contributed by atoms with E-state index >= 15 is 0 Å². The number of hydrogen-bond donors (Lipinski definition) is 3. The van der Waals surface area contributed by atoms with Crippen LogP contribution in [0, 0.1) is 5.92 Å². The Labute approximate surface area is 179 Å². The number of carbonyl (C=O) groups is 1. The van der Waals surface area contributed by atoms with Crippen LogP contribution in [0.1, 0.15) is 37.4 Å². The summed E-state index contributed by atoms with van der Waals surface area (Å²) in [6.45, 7) is 0.748. The lowest BCUT2D eigenvalue weighted by Crippen LogP contribution is -2.25. The van der Waals surface area contributed by atoms with Crippen molar-refractivity contribution in [3.8, 4) is 17.1 Å². The maximum Gasteiger partial charge on any atom is 0.207 e. The standard InChI is InChI=1S/C23H26N6O2/c1-31-18-4-2-3-16-11-17(27-19(16)18)20-21-22(24)26-9-10-29(21)23(28-20)15-7-5-14(6-8-15)12-25-13-30/h2-4,9-11,13-15,27H,5-8,12H2,1H3,(H2,24,26)(H,25,30)/t14-,15-. The highest BCUT2D eigenvalue weighted by Gasteiger charge is 2.28. The van der Waals surface area contributed by atoms with Gasteiger partial charge in [0.1, 0.15) is 28.6 Å². The summed E-state index contributed by atoms with van der Waals surface area (Å²) >= 11 is 0. The van der Waals surface area contributed by atoms with Crippen molar-refractivity contribution in [2.45, 2.75) is 31.6 Å². The number of ether oxygens (including phenoxy) is 1. The molecule has 1 saturated carbocycles. The van der Waals surface area contributed by atoms with Gasteiger partial charge in [-0.25, -0.2) is 9.97 Å². The second-order valence-corrected chi connectivity index (χ2v) is 8.20. The fraction of sp³-hybridized carbons (Fsp3) is 0.348. The third-order valence-corrected chi connectivity index (χ3v) is 6.41. The van der Waals surface area contributed by atoms with Crippen LogP contribution in [0.5, 0.6) is 5.75 Å². The van der Waals surface area contributed by atoms with E-state index < -0.39 is 0 Å². The van der Waals surface area contributed by atoms with Gasteiger partial charge in [0.25, 0.3) is 0 Å². The molecule has 0 saturated heterocycles. The number of hydrogen-bond acceptors (Lipinski definition) is 5. The average Bonchev–Trinajstić information content (AvgIpc) is 3.40. The van der Waals surface area contributed by atoms with E-state index in [1.54, 1.807) is 13.3 Å². The molecule has 160 valence electrons. The summed E-state index contributed by atoms with van der Waals surface area (Å²) in [5.74, 6) is 3.15. The molecular formula is C23H26N6O2. The number of carbonyl (C=O) groups excluding carboxylic acids is 1. The first-order chi connectivity index (χ1) is 15.2. The number of nitrogen functional groups attached to an aromatic ring is 1. The maximum atomic E-state index is 10.6. The molecule has 5 rings (SSSR count). The average molecular weight is 419 g/mol. The molecular weight excluding hydrogens is 392 g/mol. The van der Waals surface area contributed by atoms with E-state index in [2.05, 4.69) is 25.8 Å². The first kappa shape index (κ1) is 19.4. The molecule has 0 unspecified atom stereocenters. The molecule has 0 atom stereocenters. The molecule has 1 fully saturated rings. The highest BCUT2D eigenvalue weighted by Crippen LogP contribution is 2.39. The summed E-state index contributed by atoms with van der Waals surface area (Å²) < 4.78 is 7.60. The summed E-state index contributed by atoms with van der Waals surface area (Å²) in [7, 11) is 1.67. The van der Waals surface area contributed by atoms with Gasteiger partial charge in [-0.3, -0.25) is 9.20 Å². The van der Waals surface area contributed by atoms with Gasteiger partial charge < -0.3 is 20.8 Å². The van der Waals surface area contributed by atoms with Crippen molar-refractivity contribution < 1.29 is 9.53 Å². The monoisotopic (exact) mass is 418 g/mol. The number of imidazole rings is 1. The number of nitrogens with one attached hydrogen (secondary N) is 2. The quantitative estimate of drug-likeness (QED) is 0.415. The zero-order chi connectivity index (χ0) is 21.4. The molecule has 0 bridgehead atoms. The molecule has 3 aromatic heterocycles. The third-order valence-electron chi connectivity index (χ3n) is 6.41. The van der Waals surface area contributed by atoms with Crippen LogP contribution in [0.25, 0.3) is 27.8 Å². The molecule has 0 radical (unpaired) electrons. The lowest BCUT2D eigenvalue weighted by Gasteiger charge is -2.27. The van der Waals surface area contributed by atoms with E-state index in [1.807, 2.05) is 24.4 Å². The van der Waals surface area contributed by atoms with Crippen LogP contribution in [0.4, 0.5) is 5.82 Å². The molecule has 1 amide bonds. The summed E-state index contributed by atoms with van der Waals surface area (Å²) in [5, 5.41) is 3.87. The van der Waals surface area contributed by atoms with Gasteiger partial charge in [0.2, 0.25) is 6.41 Å². The number of nitrogens with zero attached hydrogens (tertiary/aromatic N) is 3. The van der Waals surface area contributed by atoms with Crippen LogP contribution in [0.3, 0.4) is 0 Å². The Morgan fingerprint density at radius 2 is 2.16 bits per heavy atom. The number of rotatable bonds is 6. The highest BCUT2D eigenvalue weighted by atomic mass is 16.5. The number of aromatic amines is 1. The van der Waals surface area contributed by atoms with Gasteiger partial charge in [0.15, 0.2) is 0 Å². The predicted molar refractivity (Wildman–Crippen MR) is 120 cm³/mol. The first-order valence-corrected chi connectivity index (χ1v) is 10.6. The Morgan fingerprint density at radius 3 is 2.94 bits per heavy atom. The number of anilines is 1. The van der Waals surface area contributed by atoms with Gasteiger partial charge in [-0.2, -0.15) is 0 Å². The Balaban J connectivity index is 1.56. The second kappa shape index (κ2) is 7.94. The zero-order valence-electron chi connectivity index (χ0n) is 17.5. The molecule has 1 aromatic carbocycles. The number of benzene rings is 1. The van der Waals surface area contributed by atoms with Crippen molar-refractivity contribution in [2.75, 3.05) is 19.4 Å². The van der Waals surface area contributed by atoms with Crippen LogP contribution < -0.4 is 15.8 Å². The van der Waals surface area contributed by atoms with Crippen LogP contribution in [0.15, 0.2) is 36.7 Å². The summed E-state index contributed by atoms with van der Waals surface area (Å²) in [6.07, 6.45) is 8.66. The van der Waals surface area contributed by atoms with Crippen LogP contribution in [-0.2, 0) is 4.79 Å². The number of para-hydroxylation sites is 1. The van der Waals surface area contributed by atoms with E-state index in [0.29, 0.717) is 17.7 Å².